The Balaban J connectivity index is 2.06. The van der Waals surface area contributed by atoms with Crippen LogP contribution in [0.2, 0.25) is 0 Å². The highest BCUT2D eigenvalue weighted by Crippen LogP contribution is 2.35. The first-order chi connectivity index (χ1) is 16.6. The number of benzene rings is 2. The fraction of sp³-hybridized carbons (Fsp3) is 0.320. The van der Waals surface area contributed by atoms with E-state index in [9.17, 15) is 22.9 Å². The van der Waals surface area contributed by atoms with E-state index in [1.54, 1.807) is 36.4 Å². The molecule has 0 radical (unpaired) electrons. The number of ether oxygens (including phenoxy) is 2. The van der Waals surface area contributed by atoms with E-state index in [2.05, 4.69) is 4.98 Å². The molecule has 0 bridgehead atoms. The molecule has 0 aliphatic carbocycles. The van der Waals surface area contributed by atoms with E-state index < -0.39 is 26.5 Å². The van der Waals surface area contributed by atoms with Gasteiger partial charge in [-0.25, -0.2) is 12.8 Å². The van der Waals surface area contributed by atoms with E-state index >= 15 is 0 Å². The van der Waals surface area contributed by atoms with Crippen molar-refractivity contribution >= 4 is 15.5 Å². The molecule has 1 aromatic heterocycles. The molecule has 1 heterocycles. The maximum absolute atomic E-state index is 14.2. The van der Waals surface area contributed by atoms with Crippen LogP contribution in [0.1, 0.15) is 35.2 Å². The second-order valence-corrected chi connectivity index (χ2v) is 10.3. The topological polar surface area (TPSA) is 109 Å². The van der Waals surface area contributed by atoms with E-state index in [1.165, 1.54) is 25.4 Å². The fourth-order valence-electron chi connectivity index (χ4n) is 3.99. The van der Waals surface area contributed by atoms with Crippen LogP contribution in [0.4, 0.5) is 10.1 Å². The van der Waals surface area contributed by atoms with Crippen molar-refractivity contribution in [3.8, 4) is 11.5 Å². The molecule has 0 saturated heterocycles. The van der Waals surface area contributed by atoms with Gasteiger partial charge in [0.05, 0.1) is 24.4 Å². The molecule has 0 N–H and O–H groups in total. The minimum atomic E-state index is -3.45. The highest BCUT2D eigenvalue weighted by Gasteiger charge is 2.27. The van der Waals surface area contributed by atoms with Crippen LogP contribution in [0.15, 0.2) is 54.7 Å². The number of rotatable bonds is 11. The Morgan fingerprint density at radius 3 is 2.49 bits per heavy atom. The standard InChI is InChI=1S/C25H27FN2O6S/c1-4-34-24-15-17(9-10-23(24)33-2)20(16-35(3,31)32)14-22-25(28(29)30)19(11-12-27-22)13-18-7-5-6-8-21(18)26/h5-12,15,20H,4,13-14,16H2,1-3H3/t20-/m1/s1. The molecule has 0 amide bonds. The van der Waals surface area contributed by atoms with Gasteiger partial charge in [0.15, 0.2) is 11.5 Å². The van der Waals surface area contributed by atoms with E-state index in [-0.39, 0.29) is 30.0 Å². The molecule has 10 heteroatoms. The van der Waals surface area contributed by atoms with Gasteiger partial charge in [0.2, 0.25) is 0 Å². The SMILES string of the molecule is CCOc1cc([C@H](Cc2nccc(Cc3ccccc3F)c2[N+](=O)[O-])CS(C)(=O)=O)ccc1OC. The minimum absolute atomic E-state index is 0.00622. The Hall–Kier alpha value is -3.53. The summed E-state index contributed by atoms with van der Waals surface area (Å²) in [5.74, 6) is -0.408. The maximum atomic E-state index is 14.2. The van der Waals surface area contributed by atoms with Crippen LogP contribution < -0.4 is 9.47 Å². The Morgan fingerprint density at radius 1 is 1.11 bits per heavy atom. The largest absolute Gasteiger partial charge is 0.493 e. The van der Waals surface area contributed by atoms with Crippen molar-refractivity contribution in [2.24, 2.45) is 0 Å². The summed E-state index contributed by atoms with van der Waals surface area (Å²) in [6.07, 6.45) is 2.54. The molecule has 35 heavy (non-hydrogen) atoms. The minimum Gasteiger partial charge on any atom is -0.493 e. The summed E-state index contributed by atoms with van der Waals surface area (Å²) in [6, 6.07) is 12.6. The van der Waals surface area contributed by atoms with E-state index in [1.807, 2.05) is 6.92 Å². The average Bonchev–Trinajstić information content (AvgIpc) is 2.79. The van der Waals surface area contributed by atoms with Crippen LogP contribution in [0, 0.1) is 15.9 Å². The normalized spacial score (nSPS) is 12.2. The Kier molecular flexibility index (Phi) is 8.39. The van der Waals surface area contributed by atoms with Gasteiger partial charge in [-0.15, -0.1) is 0 Å². The third-order valence-electron chi connectivity index (χ3n) is 5.51. The Labute approximate surface area is 203 Å². The van der Waals surface area contributed by atoms with Crippen molar-refractivity contribution in [1.82, 2.24) is 4.98 Å². The molecule has 0 spiro atoms. The van der Waals surface area contributed by atoms with Crippen LogP contribution in [-0.2, 0) is 22.7 Å². The highest BCUT2D eigenvalue weighted by atomic mass is 32.2. The Bertz CT molecular complexity index is 1310. The van der Waals surface area contributed by atoms with Gasteiger partial charge in [0, 0.05) is 36.8 Å². The lowest BCUT2D eigenvalue weighted by Gasteiger charge is -2.19. The molecular weight excluding hydrogens is 475 g/mol. The number of hydrogen-bond donors (Lipinski definition) is 0. The van der Waals surface area contributed by atoms with Crippen molar-refractivity contribution in [1.29, 1.82) is 0 Å². The van der Waals surface area contributed by atoms with Crippen molar-refractivity contribution < 1.29 is 27.2 Å². The number of nitrogens with zero attached hydrogens (tertiary/aromatic N) is 2. The van der Waals surface area contributed by atoms with Gasteiger partial charge in [-0.05, 0) is 42.3 Å². The molecule has 3 rings (SSSR count). The third kappa shape index (κ3) is 6.75. The predicted molar refractivity (Wildman–Crippen MR) is 130 cm³/mol. The summed E-state index contributed by atoms with van der Waals surface area (Å²) < 4.78 is 49.6. The van der Waals surface area contributed by atoms with Crippen LogP contribution in [0.25, 0.3) is 0 Å². The lowest BCUT2D eigenvalue weighted by molar-refractivity contribution is -0.386. The monoisotopic (exact) mass is 502 g/mol. The van der Waals surface area contributed by atoms with Gasteiger partial charge >= 0.3 is 0 Å². The summed E-state index contributed by atoms with van der Waals surface area (Å²) in [4.78, 5) is 15.7. The maximum Gasteiger partial charge on any atom is 0.294 e. The van der Waals surface area contributed by atoms with E-state index in [4.69, 9.17) is 9.47 Å². The van der Waals surface area contributed by atoms with Crippen molar-refractivity contribution in [3.05, 3.63) is 93.0 Å². The second-order valence-electron chi connectivity index (χ2n) is 8.13. The van der Waals surface area contributed by atoms with Crippen molar-refractivity contribution in [2.75, 3.05) is 25.7 Å². The van der Waals surface area contributed by atoms with E-state index in [0.29, 0.717) is 34.8 Å². The zero-order valence-corrected chi connectivity index (χ0v) is 20.5. The van der Waals surface area contributed by atoms with E-state index in [0.717, 1.165) is 6.26 Å². The van der Waals surface area contributed by atoms with Gasteiger partial charge < -0.3 is 9.47 Å². The first kappa shape index (κ1) is 26.1. The lowest BCUT2D eigenvalue weighted by atomic mass is 9.93. The summed E-state index contributed by atoms with van der Waals surface area (Å²) in [5.41, 5.74) is 1.12. The molecule has 0 fully saturated rings. The van der Waals surface area contributed by atoms with Crippen LogP contribution in [0.5, 0.6) is 11.5 Å². The Morgan fingerprint density at radius 2 is 1.86 bits per heavy atom. The van der Waals surface area contributed by atoms with Gasteiger partial charge in [-0.2, -0.15) is 0 Å². The van der Waals surface area contributed by atoms with Crippen LogP contribution in [-0.4, -0.2) is 44.1 Å². The number of sulfone groups is 1. The number of pyridine rings is 1. The number of halogens is 1. The first-order valence-corrected chi connectivity index (χ1v) is 13.0. The quantitative estimate of drug-likeness (QED) is 0.281. The van der Waals surface area contributed by atoms with Crippen molar-refractivity contribution in [2.45, 2.75) is 25.7 Å². The number of nitro groups is 1. The molecule has 3 aromatic rings. The number of hydrogen-bond acceptors (Lipinski definition) is 7. The molecule has 2 aromatic carbocycles. The smallest absolute Gasteiger partial charge is 0.294 e. The molecule has 0 aliphatic heterocycles. The third-order valence-corrected chi connectivity index (χ3v) is 6.52. The second kappa shape index (κ2) is 11.3. The average molecular weight is 503 g/mol. The highest BCUT2D eigenvalue weighted by molar-refractivity contribution is 7.90. The van der Waals surface area contributed by atoms with Gasteiger partial charge in [-0.1, -0.05) is 24.3 Å². The molecular formula is C25H27FN2O6S. The zero-order valence-electron chi connectivity index (χ0n) is 19.7. The zero-order chi connectivity index (χ0) is 25.6. The molecule has 0 aliphatic rings. The van der Waals surface area contributed by atoms with Crippen molar-refractivity contribution in [3.63, 3.8) is 0 Å². The number of aromatic nitrogens is 1. The van der Waals surface area contributed by atoms with Crippen LogP contribution >= 0.6 is 0 Å². The van der Waals surface area contributed by atoms with Crippen LogP contribution in [0.3, 0.4) is 0 Å². The number of methoxy groups -OCH3 is 1. The molecule has 186 valence electrons. The molecule has 0 unspecified atom stereocenters. The first-order valence-electron chi connectivity index (χ1n) is 11.0. The summed E-state index contributed by atoms with van der Waals surface area (Å²) in [6.45, 7) is 2.19. The summed E-state index contributed by atoms with van der Waals surface area (Å²) >= 11 is 0. The molecule has 0 saturated carbocycles. The summed E-state index contributed by atoms with van der Waals surface area (Å²) in [7, 11) is -1.95. The predicted octanol–water partition coefficient (Wildman–Crippen LogP) is 4.50. The summed E-state index contributed by atoms with van der Waals surface area (Å²) in [5, 5.41) is 12.1. The lowest BCUT2D eigenvalue weighted by Crippen LogP contribution is -2.17. The molecule has 8 nitrogen and oxygen atoms in total. The van der Waals surface area contributed by atoms with Gasteiger partial charge in [0.25, 0.3) is 5.69 Å². The molecule has 1 atom stereocenters. The van der Waals surface area contributed by atoms with Gasteiger partial charge in [-0.3, -0.25) is 15.1 Å². The fourth-order valence-corrected chi connectivity index (χ4v) is 5.03. The van der Waals surface area contributed by atoms with Gasteiger partial charge in [0.1, 0.15) is 21.3 Å².